The van der Waals surface area contributed by atoms with Crippen LogP contribution in [0.5, 0.6) is 5.75 Å². The van der Waals surface area contributed by atoms with Gasteiger partial charge in [-0.3, -0.25) is 9.59 Å². The minimum atomic E-state index is -0.390. The molecule has 22 heavy (non-hydrogen) atoms. The molecule has 0 heterocycles. The van der Waals surface area contributed by atoms with Crippen LogP contribution in [-0.4, -0.2) is 18.5 Å². The minimum Gasteiger partial charge on any atom is -0.465 e. The smallest absolute Gasteiger partial charge is 0.315 e. The predicted molar refractivity (Wildman–Crippen MR) is 83.5 cm³/mol. The third-order valence-electron chi connectivity index (χ3n) is 4.03. The highest BCUT2D eigenvalue weighted by molar-refractivity contribution is 5.83. The Bertz CT molecular complexity index is 524. The van der Waals surface area contributed by atoms with E-state index in [0.29, 0.717) is 25.2 Å². The predicted octanol–water partition coefficient (Wildman–Crippen LogP) is 3.66. The number of rotatable bonds is 5. The Hall–Kier alpha value is -1.84. The van der Waals surface area contributed by atoms with Gasteiger partial charge in [-0.05, 0) is 43.9 Å². The summed E-state index contributed by atoms with van der Waals surface area (Å²) in [5, 5.41) is 0. The van der Waals surface area contributed by atoms with Crippen LogP contribution in [0.2, 0.25) is 0 Å². The van der Waals surface area contributed by atoms with Crippen LogP contribution < -0.4 is 4.74 Å². The second kappa shape index (κ2) is 7.97. The average Bonchev–Trinajstić information content (AvgIpc) is 2.52. The summed E-state index contributed by atoms with van der Waals surface area (Å²) >= 11 is 0. The molecule has 0 amide bonds. The maximum absolute atomic E-state index is 12.4. The summed E-state index contributed by atoms with van der Waals surface area (Å²) in [4.78, 5) is 24.6. The molecule has 2 atom stereocenters. The first-order valence-corrected chi connectivity index (χ1v) is 8.06. The maximum Gasteiger partial charge on any atom is 0.315 e. The van der Waals surface area contributed by atoms with Crippen LogP contribution in [0.1, 0.15) is 44.6 Å². The molecule has 2 rings (SSSR count). The number of esters is 2. The first-order valence-electron chi connectivity index (χ1n) is 8.06. The quantitative estimate of drug-likeness (QED) is 0.615. The lowest BCUT2D eigenvalue weighted by Gasteiger charge is -2.28. The molecule has 0 N–H and O–H groups in total. The number of carbonyl (C=O) groups excluding carboxylic acids is 2. The molecule has 0 bridgehead atoms. The van der Waals surface area contributed by atoms with Crippen molar-refractivity contribution < 1.29 is 19.1 Å². The van der Waals surface area contributed by atoms with Gasteiger partial charge in [0.05, 0.1) is 18.4 Å². The van der Waals surface area contributed by atoms with Gasteiger partial charge in [-0.15, -0.1) is 0 Å². The van der Waals surface area contributed by atoms with E-state index in [-0.39, 0.29) is 17.9 Å². The van der Waals surface area contributed by atoms with Gasteiger partial charge in [0, 0.05) is 0 Å². The SMILES string of the molecule is CCCOC(=O)C1CCCCC1C(=O)Oc1cccc(C)c1. The van der Waals surface area contributed by atoms with Crippen molar-refractivity contribution in [1.29, 1.82) is 0 Å². The van der Waals surface area contributed by atoms with E-state index >= 15 is 0 Å². The molecular weight excluding hydrogens is 280 g/mol. The van der Waals surface area contributed by atoms with Crippen molar-refractivity contribution in [1.82, 2.24) is 0 Å². The number of benzene rings is 1. The van der Waals surface area contributed by atoms with Gasteiger partial charge in [0.1, 0.15) is 5.75 Å². The Kier molecular flexibility index (Phi) is 5.99. The minimum absolute atomic E-state index is 0.257. The Balaban J connectivity index is 2.03. The number of hydrogen-bond donors (Lipinski definition) is 0. The summed E-state index contributed by atoms with van der Waals surface area (Å²) in [7, 11) is 0. The van der Waals surface area contributed by atoms with Gasteiger partial charge >= 0.3 is 11.9 Å². The largest absolute Gasteiger partial charge is 0.465 e. The second-order valence-electron chi connectivity index (χ2n) is 5.90. The number of aryl methyl sites for hydroxylation is 1. The molecule has 1 aliphatic rings. The summed E-state index contributed by atoms with van der Waals surface area (Å²) in [6.07, 6.45) is 4.09. The van der Waals surface area contributed by atoms with Crippen molar-refractivity contribution in [3.05, 3.63) is 29.8 Å². The molecule has 120 valence electrons. The van der Waals surface area contributed by atoms with Gasteiger partial charge in [-0.25, -0.2) is 0 Å². The normalized spacial score (nSPS) is 21.2. The molecule has 0 saturated heterocycles. The third-order valence-corrected chi connectivity index (χ3v) is 4.03. The number of carbonyl (C=O) groups is 2. The molecule has 0 aliphatic heterocycles. The summed E-state index contributed by atoms with van der Waals surface area (Å²) in [6, 6.07) is 7.39. The number of hydrogen-bond acceptors (Lipinski definition) is 4. The van der Waals surface area contributed by atoms with E-state index in [1.165, 1.54) is 0 Å². The molecule has 1 aliphatic carbocycles. The van der Waals surface area contributed by atoms with Gasteiger partial charge < -0.3 is 9.47 Å². The molecular formula is C18H24O4. The topological polar surface area (TPSA) is 52.6 Å². The van der Waals surface area contributed by atoms with Crippen molar-refractivity contribution >= 4 is 11.9 Å². The molecule has 0 radical (unpaired) electrons. The fourth-order valence-electron chi connectivity index (χ4n) is 2.88. The van der Waals surface area contributed by atoms with Crippen molar-refractivity contribution in [2.24, 2.45) is 11.8 Å². The Morgan fingerprint density at radius 2 is 1.82 bits per heavy atom. The van der Waals surface area contributed by atoms with Crippen molar-refractivity contribution in [3.63, 3.8) is 0 Å². The molecule has 0 aromatic heterocycles. The molecule has 1 aromatic rings. The van der Waals surface area contributed by atoms with Crippen molar-refractivity contribution in [3.8, 4) is 5.75 Å². The molecule has 1 aromatic carbocycles. The van der Waals surface area contributed by atoms with Crippen LogP contribution in [0.25, 0.3) is 0 Å². The highest BCUT2D eigenvalue weighted by atomic mass is 16.5. The zero-order chi connectivity index (χ0) is 15.9. The summed E-state index contributed by atoms with van der Waals surface area (Å²) in [5.41, 5.74) is 1.04. The average molecular weight is 304 g/mol. The first-order chi connectivity index (χ1) is 10.6. The lowest BCUT2D eigenvalue weighted by Crippen LogP contribution is -2.36. The van der Waals surface area contributed by atoms with Gasteiger partial charge in [-0.1, -0.05) is 31.9 Å². The molecule has 4 heteroatoms. The van der Waals surface area contributed by atoms with Gasteiger partial charge in [0.25, 0.3) is 0 Å². The third kappa shape index (κ3) is 4.33. The second-order valence-corrected chi connectivity index (χ2v) is 5.90. The van der Waals surface area contributed by atoms with Crippen LogP contribution in [0, 0.1) is 18.8 Å². The van der Waals surface area contributed by atoms with E-state index in [1.54, 1.807) is 6.07 Å². The van der Waals surface area contributed by atoms with E-state index in [2.05, 4.69) is 0 Å². The van der Waals surface area contributed by atoms with Crippen LogP contribution in [-0.2, 0) is 14.3 Å². The van der Waals surface area contributed by atoms with Gasteiger partial charge in [-0.2, -0.15) is 0 Å². The highest BCUT2D eigenvalue weighted by Gasteiger charge is 2.38. The van der Waals surface area contributed by atoms with E-state index in [4.69, 9.17) is 9.47 Å². The standard InChI is InChI=1S/C18H24O4/c1-3-11-21-17(19)15-9-4-5-10-16(15)18(20)22-14-8-6-7-13(2)12-14/h6-8,12,15-16H,3-5,9-11H2,1-2H3. The maximum atomic E-state index is 12.4. The lowest BCUT2D eigenvalue weighted by molar-refractivity contribution is -0.158. The Morgan fingerprint density at radius 1 is 1.14 bits per heavy atom. The van der Waals surface area contributed by atoms with Gasteiger partial charge in [0.2, 0.25) is 0 Å². The first kappa shape index (κ1) is 16.5. The van der Waals surface area contributed by atoms with E-state index < -0.39 is 5.92 Å². The fraction of sp³-hybridized carbons (Fsp3) is 0.556. The molecule has 1 saturated carbocycles. The fourth-order valence-corrected chi connectivity index (χ4v) is 2.88. The van der Waals surface area contributed by atoms with E-state index in [0.717, 1.165) is 24.8 Å². The molecule has 1 fully saturated rings. The molecule has 4 nitrogen and oxygen atoms in total. The summed E-state index contributed by atoms with van der Waals surface area (Å²) < 4.78 is 10.7. The molecule has 0 spiro atoms. The summed E-state index contributed by atoms with van der Waals surface area (Å²) in [5.74, 6) is -0.788. The van der Waals surface area contributed by atoms with Crippen LogP contribution in [0.15, 0.2) is 24.3 Å². The molecule has 2 unspecified atom stereocenters. The van der Waals surface area contributed by atoms with Crippen LogP contribution in [0.3, 0.4) is 0 Å². The Morgan fingerprint density at radius 3 is 2.45 bits per heavy atom. The number of ether oxygens (including phenoxy) is 2. The van der Waals surface area contributed by atoms with E-state index in [1.807, 2.05) is 32.0 Å². The zero-order valence-corrected chi connectivity index (χ0v) is 13.3. The van der Waals surface area contributed by atoms with Crippen LogP contribution in [0.4, 0.5) is 0 Å². The van der Waals surface area contributed by atoms with Crippen molar-refractivity contribution in [2.75, 3.05) is 6.61 Å². The van der Waals surface area contributed by atoms with Crippen molar-refractivity contribution in [2.45, 2.75) is 46.0 Å². The Labute approximate surface area is 131 Å². The van der Waals surface area contributed by atoms with Crippen LogP contribution >= 0.6 is 0 Å². The zero-order valence-electron chi connectivity index (χ0n) is 13.3. The van der Waals surface area contributed by atoms with Gasteiger partial charge in [0.15, 0.2) is 0 Å². The summed E-state index contributed by atoms with van der Waals surface area (Å²) in [6.45, 7) is 4.31. The highest BCUT2D eigenvalue weighted by Crippen LogP contribution is 2.32. The monoisotopic (exact) mass is 304 g/mol. The lowest BCUT2D eigenvalue weighted by atomic mass is 9.79. The van der Waals surface area contributed by atoms with E-state index in [9.17, 15) is 9.59 Å².